The van der Waals surface area contributed by atoms with Gasteiger partial charge in [-0.25, -0.2) is 4.79 Å². The average Bonchev–Trinajstić information content (AvgIpc) is 2.60. The van der Waals surface area contributed by atoms with Crippen LogP contribution < -0.4 is 4.74 Å². The first-order valence-electron chi connectivity index (χ1n) is 8.76. The van der Waals surface area contributed by atoms with Crippen molar-refractivity contribution in [1.82, 2.24) is 4.90 Å². The Bertz CT molecular complexity index is 799. The van der Waals surface area contributed by atoms with Gasteiger partial charge < -0.3 is 14.7 Å². The summed E-state index contributed by atoms with van der Waals surface area (Å²) in [5, 5.41) is 9.69. The predicted molar refractivity (Wildman–Crippen MR) is 106 cm³/mol. The second-order valence-corrected chi connectivity index (χ2v) is 8.56. The molecule has 0 saturated carbocycles. The minimum atomic E-state index is -0.877. The SMILES string of the molecule is CC(C)(C)C1c2c(Br)ccc(OCc3ccccc3)c2CCN1C(=O)O. The smallest absolute Gasteiger partial charge is 0.407 e. The molecule has 0 aromatic heterocycles. The minimum absolute atomic E-state index is 0.224. The lowest BCUT2D eigenvalue weighted by molar-refractivity contribution is 0.0748. The van der Waals surface area contributed by atoms with E-state index in [1.54, 1.807) is 4.90 Å². The number of ether oxygens (including phenoxy) is 1. The number of fused-ring (bicyclic) bond motifs is 1. The Balaban J connectivity index is 1.99. The normalized spacial score (nSPS) is 16.9. The number of carbonyl (C=O) groups is 1. The van der Waals surface area contributed by atoms with Crippen molar-refractivity contribution in [3.05, 3.63) is 63.6 Å². The zero-order chi connectivity index (χ0) is 18.9. The van der Waals surface area contributed by atoms with Gasteiger partial charge >= 0.3 is 6.09 Å². The molecule has 2 aromatic rings. The highest BCUT2D eigenvalue weighted by Crippen LogP contribution is 2.47. The Hall–Kier alpha value is -2.01. The lowest BCUT2D eigenvalue weighted by Crippen LogP contribution is -2.45. The molecule has 1 N–H and O–H groups in total. The molecule has 1 amide bonds. The van der Waals surface area contributed by atoms with E-state index in [0.717, 1.165) is 26.9 Å². The van der Waals surface area contributed by atoms with Gasteiger partial charge in [-0.3, -0.25) is 0 Å². The quantitative estimate of drug-likeness (QED) is 0.701. The molecule has 2 aromatic carbocycles. The number of rotatable bonds is 3. The molecule has 1 unspecified atom stereocenters. The Labute approximate surface area is 162 Å². The van der Waals surface area contributed by atoms with Gasteiger partial charge in [-0.1, -0.05) is 67.0 Å². The summed E-state index contributed by atoms with van der Waals surface area (Å²) in [6.45, 7) is 7.20. The molecule has 3 rings (SSSR count). The summed E-state index contributed by atoms with van der Waals surface area (Å²) < 4.78 is 7.05. The lowest BCUT2D eigenvalue weighted by atomic mass is 9.77. The Morgan fingerprint density at radius 3 is 2.54 bits per heavy atom. The summed E-state index contributed by atoms with van der Waals surface area (Å²) in [4.78, 5) is 13.4. The summed E-state index contributed by atoms with van der Waals surface area (Å²) >= 11 is 3.65. The number of amides is 1. The van der Waals surface area contributed by atoms with E-state index in [-0.39, 0.29) is 11.5 Å². The monoisotopic (exact) mass is 417 g/mol. The third-order valence-electron chi connectivity index (χ3n) is 4.75. The molecule has 0 saturated heterocycles. The molecule has 0 fully saturated rings. The summed E-state index contributed by atoms with van der Waals surface area (Å²) in [5.74, 6) is 0.839. The van der Waals surface area contributed by atoms with Crippen LogP contribution in [0.4, 0.5) is 4.79 Å². The maximum absolute atomic E-state index is 11.8. The third-order valence-corrected chi connectivity index (χ3v) is 5.44. The van der Waals surface area contributed by atoms with E-state index in [1.165, 1.54) is 0 Å². The molecular weight excluding hydrogens is 394 g/mol. The molecular formula is C21H24BrNO3. The highest BCUT2D eigenvalue weighted by Gasteiger charge is 2.40. The molecule has 1 aliphatic heterocycles. The van der Waals surface area contributed by atoms with Crippen LogP contribution in [0.15, 0.2) is 46.9 Å². The Morgan fingerprint density at radius 1 is 1.23 bits per heavy atom. The van der Waals surface area contributed by atoms with E-state index in [0.29, 0.717) is 19.6 Å². The standard InChI is InChI=1S/C21H24BrNO3/c1-21(2,3)19-18-15(11-12-23(19)20(24)25)17(10-9-16(18)22)26-13-14-7-5-4-6-8-14/h4-10,19H,11-13H2,1-3H3,(H,24,25). The highest BCUT2D eigenvalue weighted by atomic mass is 79.9. The van der Waals surface area contributed by atoms with Crippen molar-refractivity contribution in [2.75, 3.05) is 6.54 Å². The van der Waals surface area contributed by atoms with E-state index in [4.69, 9.17) is 4.74 Å². The van der Waals surface area contributed by atoms with Crippen LogP contribution in [0, 0.1) is 5.41 Å². The number of halogens is 1. The number of hydrogen-bond donors (Lipinski definition) is 1. The van der Waals surface area contributed by atoms with Crippen molar-refractivity contribution in [1.29, 1.82) is 0 Å². The van der Waals surface area contributed by atoms with E-state index >= 15 is 0 Å². The van der Waals surface area contributed by atoms with Crippen molar-refractivity contribution in [2.24, 2.45) is 5.41 Å². The van der Waals surface area contributed by atoms with Gasteiger partial charge in [-0.2, -0.15) is 0 Å². The maximum Gasteiger partial charge on any atom is 0.407 e. The number of nitrogens with zero attached hydrogens (tertiary/aromatic N) is 1. The molecule has 0 radical (unpaired) electrons. The van der Waals surface area contributed by atoms with Crippen molar-refractivity contribution in [3.63, 3.8) is 0 Å². The first-order valence-corrected chi connectivity index (χ1v) is 9.56. The fourth-order valence-corrected chi connectivity index (χ4v) is 4.25. The molecule has 1 aliphatic rings. The van der Waals surface area contributed by atoms with Gasteiger partial charge in [0, 0.05) is 16.6 Å². The molecule has 0 spiro atoms. The molecule has 4 nitrogen and oxygen atoms in total. The van der Waals surface area contributed by atoms with Gasteiger partial charge in [0.15, 0.2) is 0 Å². The molecule has 5 heteroatoms. The van der Waals surface area contributed by atoms with Crippen molar-refractivity contribution in [3.8, 4) is 5.75 Å². The first-order chi connectivity index (χ1) is 12.3. The third kappa shape index (κ3) is 3.73. The van der Waals surface area contributed by atoms with Crippen LogP contribution in [0.2, 0.25) is 0 Å². The summed E-state index contributed by atoms with van der Waals surface area (Å²) in [5.41, 5.74) is 3.01. The molecule has 0 bridgehead atoms. The van der Waals surface area contributed by atoms with Gasteiger partial charge in [0.2, 0.25) is 0 Å². The second-order valence-electron chi connectivity index (χ2n) is 7.71. The lowest BCUT2D eigenvalue weighted by Gasteiger charge is -2.43. The minimum Gasteiger partial charge on any atom is -0.489 e. The van der Waals surface area contributed by atoms with Crippen LogP contribution in [0.3, 0.4) is 0 Å². The van der Waals surface area contributed by atoms with Crippen LogP contribution in [0.1, 0.15) is 43.5 Å². The van der Waals surface area contributed by atoms with Gasteiger partial charge in [0.1, 0.15) is 12.4 Å². The average molecular weight is 418 g/mol. The largest absolute Gasteiger partial charge is 0.489 e. The molecule has 138 valence electrons. The topological polar surface area (TPSA) is 49.8 Å². The Kier molecular flexibility index (Phi) is 5.28. The van der Waals surface area contributed by atoms with E-state index in [2.05, 4.69) is 36.7 Å². The van der Waals surface area contributed by atoms with Gasteiger partial charge in [-0.05, 0) is 35.1 Å². The molecule has 1 heterocycles. The van der Waals surface area contributed by atoms with Crippen molar-refractivity contribution in [2.45, 2.75) is 39.8 Å². The number of benzene rings is 2. The summed E-state index contributed by atoms with van der Waals surface area (Å²) in [6.07, 6.45) is -0.226. The van der Waals surface area contributed by atoms with E-state index in [1.807, 2.05) is 42.5 Å². The first kappa shape index (κ1) is 18.8. The van der Waals surface area contributed by atoms with Crippen molar-refractivity contribution >= 4 is 22.0 Å². The fraction of sp³-hybridized carbons (Fsp3) is 0.381. The Morgan fingerprint density at radius 2 is 1.92 bits per heavy atom. The zero-order valence-electron chi connectivity index (χ0n) is 15.3. The van der Waals surface area contributed by atoms with Gasteiger partial charge in [0.05, 0.1) is 6.04 Å². The summed E-state index contributed by atoms with van der Waals surface area (Å²) in [6, 6.07) is 13.8. The van der Waals surface area contributed by atoms with E-state index in [9.17, 15) is 9.90 Å². The van der Waals surface area contributed by atoms with E-state index < -0.39 is 6.09 Å². The van der Waals surface area contributed by atoms with Crippen LogP contribution >= 0.6 is 15.9 Å². The van der Waals surface area contributed by atoms with Crippen LogP contribution in [0.5, 0.6) is 5.75 Å². The summed E-state index contributed by atoms with van der Waals surface area (Å²) in [7, 11) is 0. The number of carboxylic acid groups (broad SMARTS) is 1. The van der Waals surface area contributed by atoms with Gasteiger partial charge in [-0.15, -0.1) is 0 Å². The predicted octanol–water partition coefficient (Wildman–Crippen LogP) is 5.65. The maximum atomic E-state index is 11.8. The molecule has 1 atom stereocenters. The fourth-order valence-electron chi connectivity index (χ4n) is 3.66. The molecule has 26 heavy (non-hydrogen) atoms. The number of hydrogen-bond acceptors (Lipinski definition) is 2. The second kappa shape index (κ2) is 7.31. The van der Waals surface area contributed by atoms with Crippen molar-refractivity contribution < 1.29 is 14.6 Å². The highest BCUT2D eigenvalue weighted by molar-refractivity contribution is 9.10. The van der Waals surface area contributed by atoms with Gasteiger partial charge in [0.25, 0.3) is 0 Å². The molecule has 0 aliphatic carbocycles. The van der Waals surface area contributed by atoms with Crippen LogP contribution in [-0.2, 0) is 13.0 Å². The van der Waals surface area contributed by atoms with Crippen LogP contribution in [-0.4, -0.2) is 22.6 Å². The van der Waals surface area contributed by atoms with Crippen LogP contribution in [0.25, 0.3) is 0 Å². The zero-order valence-corrected chi connectivity index (χ0v) is 16.9.